The van der Waals surface area contributed by atoms with Crippen molar-refractivity contribution in [2.24, 2.45) is 0 Å². The summed E-state index contributed by atoms with van der Waals surface area (Å²) in [6.07, 6.45) is 4.27. The van der Waals surface area contributed by atoms with E-state index in [1.54, 1.807) is 42.7 Å². The number of benzene rings is 2. The van der Waals surface area contributed by atoms with Crippen LogP contribution in [0.1, 0.15) is 40.4 Å². The van der Waals surface area contributed by atoms with Gasteiger partial charge in [0.25, 0.3) is 0 Å². The predicted molar refractivity (Wildman–Crippen MR) is 108 cm³/mol. The lowest BCUT2D eigenvalue weighted by Gasteiger charge is -2.22. The van der Waals surface area contributed by atoms with E-state index in [0.29, 0.717) is 35.3 Å². The number of anilines is 2. The van der Waals surface area contributed by atoms with E-state index in [9.17, 15) is 9.59 Å². The molecule has 0 saturated carbocycles. The van der Waals surface area contributed by atoms with Gasteiger partial charge in [-0.25, -0.2) is 0 Å². The lowest BCUT2D eigenvalue weighted by Crippen LogP contribution is -2.17. The highest BCUT2D eigenvalue weighted by Gasteiger charge is 2.24. The molecule has 0 saturated heterocycles. The maximum absolute atomic E-state index is 12.7. The van der Waals surface area contributed by atoms with Gasteiger partial charge in [0.15, 0.2) is 11.6 Å². The van der Waals surface area contributed by atoms with Crippen LogP contribution in [-0.4, -0.2) is 11.6 Å². The van der Waals surface area contributed by atoms with Crippen LogP contribution in [0.3, 0.4) is 0 Å². The number of rotatable bonds is 5. The molecule has 0 aliphatic heterocycles. The van der Waals surface area contributed by atoms with Crippen molar-refractivity contribution in [2.75, 3.05) is 11.1 Å². The van der Waals surface area contributed by atoms with Gasteiger partial charge in [-0.3, -0.25) is 9.59 Å². The van der Waals surface area contributed by atoms with Gasteiger partial charge in [-0.15, -0.1) is 0 Å². The zero-order valence-corrected chi connectivity index (χ0v) is 15.2. The second-order valence-electron chi connectivity index (χ2n) is 6.88. The molecule has 1 heterocycles. The van der Waals surface area contributed by atoms with Gasteiger partial charge in [-0.05, 0) is 36.8 Å². The Hall–Kier alpha value is -3.60. The highest BCUT2D eigenvalue weighted by molar-refractivity contribution is 6.09. The van der Waals surface area contributed by atoms with E-state index in [0.717, 1.165) is 11.5 Å². The Balaban J connectivity index is 1.57. The molecule has 0 spiro atoms. The third-order valence-corrected chi connectivity index (χ3v) is 4.84. The van der Waals surface area contributed by atoms with Gasteiger partial charge < -0.3 is 15.5 Å². The Labute approximate surface area is 162 Å². The molecule has 28 heavy (non-hydrogen) atoms. The van der Waals surface area contributed by atoms with Crippen LogP contribution < -0.4 is 11.1 Å². The van der Waals surface area contributed by atoms with Gasteiger partial charge in [0, 0.05) is 35.2 Å². The zero-order chi connectivity index (χ0) is 19.5. The minimum absolute atomic E-state index is 0.00893. The van der Waals surface area contributed by atoms with Crippen LogP contribution >= 0.6 is 0 Å². The first-order valence-corrected chi connectivity index (χ1v) is 9.13. The number of carbonyl (C=O) groups excluding carboxylic acids is 2. The molecule has 0 radical (unpaired) electrons. The van der Waals surface area contributed by atoms with Crippen molar-refractivity contribution in [1.29, 1.82) is 0 Å². The molecule has 5 nitrogen and oxygen atoms in total. The molecule has 0 unspecified atom stereocenters. The fraction of sp³-hybridized carbons (Fsp3) is 0.130. The molecule has 4 rings (SSSR count). The highest BCUT2D eigenvalue weighted by Crippen LogP contribution is 2.33. The number of nitrogen functional groups attached to an aromatic ring is 1. The number of nitrogens with one attached hydrogen (secondary N) is 1. The van der Waals surface area contributed by atoms with Gasteiger partial charge in [-0.2, -0.15) is 0 Å². The second kappa shape index (κ2) is 7.56. The van der Waals surface area contributed by atoms with Crippen LogP contribution in [0, 0.1) is 0 Å². The van der Waals surface area contributed by atoms with E-state index in [1.165, 1.54) is 0 Å². The van der Waals surface area contributed by atoms with E-state index < -0.39 is 0 Å². The van der Waals surface area contributed by atoms with Crippen molar-refractivity contribution in [2.45, 2.75) is 18.8 Å². The van der Waals surface area contributed by atoms with E-state index in [4.69, 9.17) is 10.2 Å². The summed E-state index contributed by atoms with van der Waals surface area (Å²) in [5, 5.41) is 3.24. The number of nitrogens with two attached hydrogens (primary N) is 1. The van der Waals surface area contributed by atoms with Crippen molar-refractivity contribution in [3.8, 4) is 0 Å². The molecule has 1 atom stereocenters. The Bertz CT molecular complexity index is 1040. The summed E-state index contributed by atoms with van der Waals surface area (Å²) in [5.74, 6) is 0.739. The molecule has 5 heteroatoms. The first kappa shape index (κ1) is 17.8. The fourth-order valence-electron chi connectivity index (χ4n) is 3.44. The molecular weight excluding hydrogens is 352 g/mol. The maximum Gasteiger partial charge on any atom is 0.193 e. The summed E-state index contributed by atoms with van der Waals surface area (Å²) < 4.78 is 5.47. The average Bonchev–Trinajstić information content (AvgIpc) is 3.24. The number of ketones is 2. The number of carbonyl (C=O) groups is 2. The second-order valence-corrected chi connectivity index (χ2v) is 6.88. The smallest absolute Gasteiger partial charge is 0.193 e. The lowest BCUT2D eigenvalue weighted by atomic mass is 9.89. The molecule has 140 valence electrons. The largest absolute Gasteiger partial charge is 0.469 e. The van der Waals surface area contributed by atoms with Crippen LogP contribution in [0.25, 0.3) is 0 Å². The molecule has 1 aliphatic rings. The zero-order valence-electron chi connectivity index (χ0n) is 15.2. The van der Waals surface area contributed by atoms with Crippen LogP contribution in [0.4, 0.5) is 11.4 Å². The topological polar surface area (TPSA) is 85.3 Å². The van der Waals surface area contributed by atoms with Crippen molar-refractivity contribution >= 4 is 22.9 Å². The predicted octanol–water partition coefficient (Wildman–Crippen LogP) is 4.54. The monoisotopic (exact) mass is 372 g/mol. The van der Waals surface area contributed by atoms with Gasteiger partial charge in [0.1, 0.15) is 5.76 Å². The highest BCUT2D eigenvalue weighted by atomic mass is 16.3. The molecule has 0 bridgehead atoms. The molecular formula is C23H20N2O3. The van der Waals surface area contributed by atoms with E-state index >= 15 is 0 Å². The summed E-state index contributed by atoms with van der Waals surface area (Å²) in [6, 6.07) is 17.9. The molecule has 2 aromatic carbocycles. The summed E-state index contributed by atoms with van der Waals surface area (Å²) in [5.41, 5.74) is 9.14. The SMILES string of the molecule is Nc1ccc(C(=O)c2ccccc2)cc1NC1=CC(=O)C[C@@H](c2ccco2)C1. The number of hydrogen-bond donors (Lipinski definition) is 2. The maximum atomic E-state index is 12.7. The van der Waals surface area contributed by atoms with Gasteiger partial charge >= 0.3 is 0 Å². The van der Waals surface area contributed by atoms with Crippen LogP contribution in [0.2, 0.25) is 0 Å². The van der Waals surface area contributed by atoms with Gasteiger partial charge in [-0.1, -0.05) is 30.3 Å². The first-order chi connectivity index (χ1) is 13.6. The minimum Gasteiger partial charge on any atom is -0.469 e. The first-order valence-electron chi connectivity index (χ1n) is 9.13. The van der Waals surface area contributed by atoms with E-state index in [2.05, 4.69) is 5.32 Å². The molecule has 0 fully saturated rings. The van der Waals surface area contributed by atoms with E-state index in [-0.39, 0.29) is 17.5 Å². The normalized spacial score (nSPS) is 16.5. The van der Waals surface area contributed by atoms with Crippen molar-refractivity contribution in [3.05, 3.63) is 95.6 Å². The number of hydrogen-bond acceptors (Lipinski definition) is 5. The van der Waals surface area contributed by atoms with E-state index in [1.807, 2.05) is 30.3 Å². The summed E-state index contributed by atoms with van der Waals surface area (Å²) in [6.45, 7) is 0. The van der Waals surface area contributed by atoms with Crippen molar-refractivity contribution < 1.29 is 14.0 Å². The summed E-state index contributed by atoms with van der Waals surface area (Å²) >= 11 is 0. The fourth-order valence-corrected chi connectivity index (χ4v) is 3.44. The Kier molecular flexibility index (Phi) is 4.81. The molecule has 1 aliphatic carbocycles. The average molecular weight is 372 g/mol. The lowest BCUT2D eigenvalue weighted by molar-refractivity contribution is -0.115. The van der Waals surface area contributed by atoms with Crippen LogP contribution in [-0.2, 0) is 4.79 Å². The molecule has 3 N–H and O–H groups in total. The minimum atomic E-state index is -0.0780. The summed E-state index contributed by atoms with van der Waals surface area (Å²) in [7, 11) is 0. The van der Waals surface area contributed by atoms with Crippen LogP contribution in [0.15, 0.2) is 83.1 Å². The summed E-state index contributed by atoms with van der Waals surface area (Å²) in [4.78, 5) is 24.9. The third kappa shape index (κ3) is 3.74. The number of allylic oxidation sites excluding steroid dienone is 2. The Morgan fingerprint density at radius 3 is 2.57 bits per heavy atom. The molecule has 0 amide bonds. The molecule has 3 aromatic rings. The standard InChI is InChI=1S/C23H20N2O3/c24-20-9-8-16(23(27)15-5-2-1-3-6-15)13-21(20)25-18-11-17(12-19(26)14-18)22-7-4-10-28-22/h1-10,13-14,17,25H,11-12,24H2/t17-/m0/s1. The van der Waals surface area contributed by atoms with Crippen molar-refractivity contribution in [1.82, 2.24) is 0 Å². The quantitative estimate of drug-likeness (QED) is 0.507. The number of furan rings is 1. The molecule has 1 aromatic heterocycles. The third-order valence-electron chi connectivity index (χ3n) is 4.84. The Morgan fingerprint density at radius 2 is 1.82 bits per heavy atom. The van der Waals surface area contributed by atoms with Gasteiger partial charge in [0.2, 0.25) is 0 Å². The van der Waals surface area contributed by atoms with Crippen molar-refractivity contribution in [3.63, 3.8) is 0 Å². The van der Waals surface area contributed by atoms with Gasteiger partial charge in [0.05, 0.1) is 17.6 Å². The Morgan fingerprint density at radius 1 is 1.00 bits per heavy atom. The van der Waals surface area contributed by atoms with Crippen LogP contribution in [0.5, 0.6) is 0 Å².